The molecule has 1 atom stereocenters. The largest absolute Gasteiger partial charge is 0.349 e. The normalized spacial score (nSPS) is 12.4. The van der Waals surface area contributed by atoms with E-state index in [4.69, 9.17) is 5.73 Å². The molecule has 4 nitrogen and oxygen atoms in total. The van der Waals surface area contributed by atoms with Gasteiger partial charge in [-0.15, -0.1) is 11.3 Å². The molecule has 1 unspecified atom stereocenters. The fourth-order valence-electron chi connectivity index (χ4n) is 1.29. The zero-order valence-corrected chi connectivity index (χ0v) is 10.6. The summed E-state index contributed by atoms with van der Waals surface area (Å²) in [7, 11) is 3.52. The molecule has 5 heteroatoms. The number of nitrogens with zero attached hydrogens (tertiary/aromatic N) is 1. The van der Waals surface area contributed by atoms with Crippen LogP contribution in [0.3, 0.4) is 0 Å². The van der Waals surface area contributed by atoms with Crippen LogP contribution in [-0.4, -0.2) is 37.5 Å². The standard InChI is InChI=1S/C11H19N3OS/c1-14(2)11(15)6-9(7-12)13-8-10-4-3-5-16-10/h3-5,9,13H,6-8,12H2,1-2H3. The average molecular weight is 241 g/mol. The van der Waals surface area contributed by atoms with Crippen LogP contribution in [0.1, 0.15) is 11.3 Å². The minimum atomic E-state index is 0.0528. The number of carbonyl (C=O) groups is 1. The fraction of sp³-hybridized carbons (Fsp3) is 0.545. The van der Waals surface area contributed by atoms with Crippen LogP contribution in [0.4, 0.5) is 0 Å². The molecule has 3 N–H and O–H groups in total. The molecule has 1 aromatic rings. The van der Waals surface area contributed by atoms with E-state index in [1.54, 1.807) is 30.3 Å². The zero-order valence-electron chi connectivity index (χ0n) is 9.77. The van der Waals surface area contributed by atoms with Gasteiger partial charge >= 0.3 is 0 Å². The van der Waals surface area contributed by atoms with E-state index in [0.29, 0.717) is 13.0 Å². The minimum absolute atomic E-state index is 0.0528. The Hall–Kier alpha value is -0.910. The summed E-state index contributed by atoms with van der Waals surface area (Å²) in [6.07, 6.45) is 0.453. The maximum Gasteiger partial charge on any atom is 0.223 e. The highest BCUT2D eigenvalue weighted by molar-refractivity contribution is 7.09. The Kier molecular flexibility index (Phi) is 5.45. The lowest BCUT2D eigenvalue weighted by Crippen LogP contribution is -2.39. The number of carbonyl (C=O) groups excluding carboxylic acids is 1. The van der Waals surface area contributed by atoms with Gasteiger partial charge in [-0.05, 0) is 11.4 Å². The third-order valence-corrected chi connectivity index (χ3v) is 3.23. The number of thiophene rings is 1. The second-order valence-corrected chi connectivity index (χ2v) is 4.92. The molecule has 0 fully saturated rings. The smallest absolute Gasteiger partial charge is 0.223 e. The zero-order chi connectivity index (χ0) is 12.0. The van der Waals surface area contributed by atoms with Crippen molar-refractivity contribution in [2.75, 3.05) is 20.6 Å². The molecule has 0 saturated carbocycles. The molecule has 0 bridgehead atoms. The molecule has 0 aliphatic heterocycles. The highest BCUT2D eigenvalue weighted by Gasteiger charge is 2.13. The molecule has 1 heterocycles. The van der Waals surface area contributed by atoms with Crippen molar-refractivity contribution in [3.05, 3.63) is 22.4 Å². The van der Waals surface area contributed by atoms with E-state index in [0.717, 1.165) is 6.54 Å². The van der Waals surface area contributed by atoms with Gasteiger partial charge in [0.05, 0.1) is 0 Å². The second kappa shape index (κ2) is 6.62. The molecule has 0 radical (unpaired) electrons. The summed E-state index contributed by atoms with van der Waals surface area (Å²) in [5.74, 6) is 0.106. The van der Waals surface area contributed by atoms with Gasteiger partial charge in [0.2, 0.25) is 5.91 Å². The van der Waals surface area contributed by atoms with Crippen molar-refractivity contribution in [3.8, 4) is 0 Å². The van der Waals surface area contributed by atoms with Gasteiger partial charge in [0.1, 0.15) is 0 Å². The van der Waals surface area contributed by atoms with E-state index in [-0.39, 0.29) is 11.9 Å². The summed E-state index contributed by atoms with van der Waals surface area (Å²) in [4.78, 5) is 14.4. The molecule has 0 aromatic carbocycles. The lowest BCUT2D eigenvalue weighted by atomic mass is 10.2. The average Bonchev–Trinajstić information content (AvgIpc) is 2.76. The van der Waals surface area contributed by atoms with Gasteiger partial charge in [0.25, 0.3) is 0 Å². The first-order valence-electron chi connectivity index (χ1n) is 5.29. The molecule has 0 aliphatic rings. The molecular formula is C11H19N3OS. The van der Waals surface area contributed by atoms with Gasteiger partial charge in [-0.3, -0.25) is 4.79 Å². The van der Waals surface area contributed by atoms with E-state index in [9.17, 15) is 4.79 Å². The summed E-state index contributed by atoms with van der Waals surface area (Å²) < 4.78 is 0. The molecule has 0 spiro atoms. The number of hydrogen-bond donors (Lipinski definition) is 2. The van der Waals surface area contributed by atoms with Gasteiger partial charge in [0, 0.05) is 44.5 Å². The number of nitrogens with two attached hydrogens (primary N) is 1. The molecule has 1 rings (SSSR count). The van der Waals surface area contributed by atoms with Crippen molar-refractivity contribution >= 4 is 17.2 Å². The Bertz CT molecular complexity index is 311. The van der Waals surface area contributed by atoms with E-state index in [1.807, 2.05) is 11.4 Å². The van der Waals surface area contributed by atoms with Crippen LogP contribution < -0.4 is 11.1 Å². The first-order chi connectivity index (χ1) is 7.63. The quantitative estimate of drug-likeness (QED) is 0.768. The Morgan fingerprint density at radius 3 is 2.88 bits per heavy atom. The Labute approximate surface area is 100 Å². The van der Waals surface area contributed by atoms with E-state index < -0.39 is 0 Å². The van der Waals surface area contributed by atoms with E-state index in [2.05, 4.69) is 11.4 Å². The van der Waals surface area contributed by atoms with Crippen LogP contribution in [0, 0.1) is 0 Å². The second-order valence-electron chi connectivity index (χ2n) is 3.89. The van der Waals surface area contributed by atoms with Crippen LogP contribution in [0.5, 0.6) is 0 Å². The highest BCUT2D eigenvalue weighted by atomic mass is 32.1. The van der Waals surface area contributed by atoms with Gasteiger partial charge in [-0.1, -0.05) is 6.07 Å². The molecule has 1 amide bonds. The fourth-order valence-corrected chi connectivity index (χ4v) is 1.95. The number of amides is 1. The van der Waals surface area contributed by atoms with Gasteiger partial charge in [-0.25, -0.2) is 0 Å². The first-order valence-corrected chi connectivity index (χ1v) is 6.17. The van der Waals surface area contributed by atoms with Crippen LogP contribution in [0.15, 0.2) is 17.5 Å². The lowest BCUT2D eigenvalue weighted by molar-refractivity contribution is -0.129. The molecule has 16 heavy (non-hydrogen) atoms. The molecular weight excluding hydrogens is 222 g/mol. The summed E-state index contributed by atoms with van der Waals surface area (Å²) in [6.45, 7) is 1.26. The third-order valence-electron chi connectivity index (χ3n) is 2.35. The number of hydrogen-bond acceptors (Lipinski definition) is 4. The van der Waals surface area contributed by atoms with E-state index in [1.165, 1.54) is 4.88 Å². The van der Waals surface area contributed by atoms with Crippen molar-refractivity contribution < 1.29 is 4.79 Å². The molecule has 1 aromatic heterocycles. The first kappa shape index (κ1) is 13.2. The van der Waals surface area contributed by atoms with Crippen molar-refractivity contribution in [2.24, 2.45) is 5.73 Å². The SMILES string of the molecule is CN(C)C(=O)CC(CN)NCc1cccs1. The van der Waals surface area contributed by atoms with Crippen LogP contribution in [0.2, 0.25) is 0 Å². The van der Waals surface area contributed by atoms with Crippen LogP contribution in [-0.2, 0) is 11.3 Å². The number of rotatable bonds is 6. The Morgan fingerprint density at radius 2 is 2.38 bits per heavy atom. The van der Waals surface area contributed by atoms with Gasteiger partial charge in [-0.2, -0.15) is 0 Å². The summed E-state index contributed by atoms with van der Waals surface area (Å²) in [6, 6.07) is 4.14. The Balaban J connectivity index is 2.34. The predicted molar refractivity (Wildman–Crippen MR) is 67.3 cm³/mol. The van der Waals surface area contributed by atoms with Crippen LogP contribution in [0.25, 0.3) is 0 Å². The molecule has 0 aliphatic carbocycles. The number of nitrogens with one attached hydrogen (secondary N) is 1. The maximum absolute atomic E-state index is 11.5. The van der Waals surface area contributed by atoms with Crippen molar-refractivity contribution in [2.45, 2.75) is 19.0 Å². The van der Waals surface area contributed by atoms with Gasteiger partial charge in [0.15, 0.2) is 0 Å². The predicted octanol–water partition coefficient (Wildman–Crippen LogP) is 0.643. The minimum Gasteiger partial charge on any atom is -0.349 e. The third kappa shape index (κ3) is 4.30. The van der Waals surface area contributed by atoms with Gasteiger partial charge < -0.3 is 16.0 Å². The summed E-state index contributed by atoms with van der Waals surface area (Å²) >= 11 is 1.70. The van der Waals surface area contributed by atoms with Crippen molar-refractivity contribution in [3.63, 3.8) is 0 Å². The summed E-state index contributed by atoms with van der Waals surface area (Å²) in [5, 5.41) is 5.34. The Morgan fingerprint density at radius 1 is 1.62 bits per heavy atom. The molecule has 0 saturated heterocycles. The van der Waals surface area contributed by atoms with Crippen molar-refractivity contribution in [1.82, 2.24) is 10.2 Å². The van der Waals surface area contributed by atoms with E-state index >= 15 is 0 Å². The lowest BCUT2D eigenvalue weighted by Gasteiger charge is -2.18. The van der Waals surface area contributed by atoms with Crippen molar-refractivity contribution in [1.29, 1.82) is 0 Å². The summed E-state index contributed by atoms with van der Waals surface area (Å²) in [5.41, 5.74) is 5.63. The molecule has 90 valence electrons. The maximum atomic E-state index is 11.5. The van der Waals surface area contributed by atoms with Crippen LogP contribution >= 0.6 is 11.3 Å². The highest BCUT2D eigenvalue weighted by Crippen LogP contribution is 2.08. The topological polar surface area (TPSA) is 58.4 Å². The monoisotopic (exact) mass is 241 g/mol.